The number of nitrogens with zero attached hydrogens (tertiary/aromatic N) is 2. The van der Waals surface area contributed by atoms with E-state index >= 15 is 0 Å². The quantitative estimate of drug-likeness (QED) is 0.885. The molecule has 0 radical (unpaired) electrons. The number of hydrogen-bond acceptors (Lipinski definition) is 4. The van der Waals surface area contributed by atoms with Gasteiger partial charge in [0.1, 0.15) is 11.8 Å². The first-order chi connectivity index (χ1) is 11.0. The van der Waals surface area contributed by atoms with Crippen molar-refractivity contribution >= 4 is 17.6 Å². The molecule has 1 aromatic heterocycles. The highest BCUT2D eigenvalue weighted by Gasteiger charge is 2.36. The molecule has 0 unspecified atom stereocenters. The number of aryl methyl sites for hydroxylation is 2. The Kier molecular flexibility index (Phi) is 3.73. The number of imide groups is 1. The fourth-order valence-electron chi connectivity index (χ4n) is 2.34. The van der Waals surface area contributed by atoms with Gasteiger partial charge in [0.25, 0.3) is 5.91 Å². The third kappa shape index (κ3) is 2.88. The van der Waals surface area contributed by atoms with Crippen LogP contribution in [0.5, 0.6) is 11.6 Å². The molecule has 2 heterocycles. The van der Waals surface area contributed by atoms with Gasteiger partial charge in [-0.05, 0) is 44.0 Å². The summed E-state index contributed by atoms with van der Waals surface area (Å²) in [5.74, 6) is 0.844. The average Bonchev–Trinajstić information content (AvgIpc) is 2.77. The van der Waals surface area contributed by atoms with E-state index in [0.29, 0.717) is 11.6 Å². The van der Waals surface area contributed by atoms with Gasteiger partial charge in [0.05, 0.1) is 11.9 Å². The summed E-state index contributed by atoms with van der Waals surface area (Å²) < 4.78 is 5.77. The Morgan fingerprint density at radius 3 is 2.57 bits per heavy atom. The Hall–Kier alpha value is -2.89. The molecular weight excluding hydrogens is 294 g/mol. The van der Waals surface area contributed by atoms with Crippen LogP contribution in [-0.2, 0) is 4.79 Å². The molecule has 1 aliphatic rings. The van der Waals surface area contributed by atoms with E-state index in [-0.39, 0.29) is 5.91 Å². The van der Waals surface area contributed by atoms with Crippen molar-refractivity contribution in [1.82, 2.24) is 10.3 Å². The fraction of sp³-hybridized carbons (Fsp3) is 0.235. The van der Waals surface area contributed by atoms with Crippen molar-refractivity contribution in [1.29, 1.82) is 0 Å². The van der Waals surface area contributed by atoms with Crippen molar-refractivity contribution in [2.24, 2.45) is 0 Å². The molecule has 23 heavy (non-hydrogen) atoms. The van der Waals surface area contributed by atoms with Crippen molar-refractivity contribution in [3.63, 3.8) is 0 Å². The molecule has 1 aromatic carbocycles. The fourth-order valence-corrected chi connectivity index (χ4v) is 2.34. The molecule has 0 bridgehead atoms. The van der Waals surface area contributed by atoms with Gasteiger partial charge in [-0.2, -0.15) is 0 Å². The van der Waals surface area contributed by atoms with Gasteiger partial charge in [0.2, 0.25) is 5.88 Å². The second kappa shape index (κ2) is 5.72. The number of ether oxygens (including phenoxy) is 1. The van der Waals surface area contributed by atoms with Crippen LogP contribution in [0.4, 0.5) is 10.5 Å². The number of benzene rings is 1. The SMILES string of the molecule is Cc1ccc(C)c(Oc2ccc(N3C(=O)N[C@H](C)C3=O)cn2)c1. The monoisotopic (exact) mass is 311 g/mol. The molecule has 118 valence electrons. The molecule has 3 amide bonds. The van der Waals surface area contributed by atoms with Crippen LogP contribution >= 0.6 is 0 Å². The first-order valence-electron chi connectivity index (χ1n) is 7.31. The molecule has 3 rings (SSSR count). The van der Waals surface area contributed by atoms with Crippen LogP contribution in [0.1, 0.15) is 18.1 Å². The lowest BCUT2D eigenvalue weighted by molar-refractivity contribution is -0.117. The van der Waals surface area contributed by atoms with E-state index in [1.54, 1.807) is 19.1 Å². The predicted molar refractivity (Wildman–Crippen MR) is 85.7 cm³/mol. The molecule has 6 nitrogen and oxygen atoms in total. The Labute approximate surface area is 134 Å². The number of carbonyl (C=O) groups excluding carboxylic acids is 2. The highest BCUT2D eigenvalue weighted by Crippen LogP contribution is 2.26. The third-order valence-corrected chi connectivity index (χ3v) is 3.67. The van der Waals surface area contributed by atoms with E-state index in [1.165, 1.54) is 6.20 Å². The Morgan fingerprint density at radius 2 is 1.96 bits per heavy atom. The first-order valence-corrected chi connectivity index (χ1v) is 7.31. The molecule has 1 N–H and O–H groups in total. The Morgan fingerprint density at radius 1 is 1.17 bits per heavy atom. The summed E-state index contributed by atoms with van der Waals surface area (Å²) in [4.78, 5) is 29.0. The highest BCUT2D eigenvalue weighted by molar-refractivity contribution is 6.21. The van der Waals surface area contributed by atoms with Crippen molar-refractivity contribution in [3.8, 4) is 11.6 Å². The summed E-state index contributed by atoms with van der Waals surface area (Å²) in [7, 11) is 0. The molecule has 1 saturated heterocycles. The van der Waals surface area contributed by atoms with Gasteiger partial charge in [-0.15, -0.1) is 0 Å². The smallest absolute Gasteiger partial charge is 0.329 e. The number of amides is 3. The zero-order valence-corrected chi connectivity index (χ0v) is 13.2. The summed E-state index contributed by atoms with van der Waals surface area (Å²) in [6.45, 7) is 5.59. The molecule has 1 atom stereocenters. The van der Waals surface area contributed by atoms with Crippen LogP contribution in [-0.4, -0.2) is 23.0 Å². The molecule has 6 heteroatoms. The van der Waals surface area contributed by atoms with Crippen molar-refractivity contribution in [2.75, 3.05) is 4.90 Å². The second-order valence-electron chi connectivity index (χ2n) is 5.57. The minimum Gasteiger partial charge on any atom is -0.439 e. The van der Waals surface area contributed by atoms with E-state index in [4.69, 9.17) is 4.74 Å². The Bertz CT molecular complexity index is 771. The number of rotatable bonds is 3. The molecule has 0 aliphatic carbocycles. The number of aromatic nitrogens is 1. The van der Waals surface area contributed by atoms with Crippen LogP contribution < -0.4 is 15.0 Å². The van der Waals surface area contributed by atoms with Crippen molar-refractivity contribution in [3.05, 3.63) is 47.7 Å². The lowest BCUT2D eigenvalue weighted by Crippen LogP contribution is -2.30. The van der Waals surface area contributed by atoms with Crippen LogP contribution in [0.2, 0.25) is 0 Å². The lowest BCUT2D eigenvalue weighted by Gasteiger charge is -2.13. The largest absolute Gasteiger partial charge is 0.439 e. The standard InChI is InChI=1S/C17H17N3O3/c1-10-4-5-11(2)14(8-10)23-15-7-6-13(9-18-15)20-16(21)12(3)19-17(20)22/h4-9,12H,1-3H3,(H,19,22)/t12-/m1/s1. The number of anilines is 1. The summed E-state index contributed by atoms with van der Waals surface area (Å²) >= 11 is 0. The topological polar surface area (TPSA) is 71.5 Å². The summed E-state index contributed by atoms with van der Waals surface area (Å²) in [5, 5.41) is 2.56. The predicted octanol–water partition coefficient (Wildman–Crippen LogP) is 2.94. The van der Waals surface area contributed by atoms with E-state index < -0.39 is 12.1 Å². The maximum absolute atomic E-state index is 12.0. The van der Waals surface area contributed by atoms with Gasteiger partial charge >= 0.3 is 6.03 Å². The molecule has 1 fully saturated rings. The average molecular weight is 311 g/mol. The van der Waals surface area contributed by atoms with E-state index in [1.807, 2.05) is 32.0 Å². The lowest BCUT2D eigenvalue weighted by atomic mass is 10.1. The second-order valence-corrected chi connectivity index (χ2v) is 5.57. The number of pyridine rings is 1. The normalized spacial score (nSPS) is 17.3. The van der Waals surface area contributed by atoms with E-state index in [9.17, 15) is 9.59 Å². The number of carbonyl (C=O) groups is 2. The van der Waals surface area contributed by atoms with Crippen LogP contribution in [0.3, 0.4) is 0 Å². The highest BCUT2D eigenvalue weighted by atomic mass is 16.5. The van der Waals surface area contributed by atoms with E-state index in [0.717, 1.165) is 21.8 Å². The van der Waals surface area contributed by atoms with Gasteiger partial charge in [-0.3, -0.25) is 4.79 Å². The van der Waals surface area contributed by atoms with Crippen molar-refractivity contribution in [2.45, 2.75) is 26.8 Å². The van der Waals surface area contributed by atoms with Gasteiger partial charge in [0.15, 0.2) is 0 Å². The molecule has 0 spiro atoms. The number of urea groups is 1. The van der Waals surface area contributed by atoms with Crippen LogP contribution in [0.15, 0.2) is 36.5 Å². The zero-order chi connectivity index (χ0) is 16.6. The Balaban J connectivity index is 1.81. The van der Waals surface area contributed by atoms with E-state index in [2.05, 4.69) is 10.3 Å². The molecule has 0 saturated carbocycles. The minimum atomic E-state index is -0.520. The maximum atomic E-state index is 12.0. The van der Waals surface area contributed by atoms with Gasteiger partial charge < -0.3 is 10.1 Å². The number of nitrogens with one attached hydrogen (secondary N) is 1. The molecule has 2 aromatic rings. The molecular formula is C17H17N3O3. The maximum Gasteiger partial charge on any atom is 0.329 e. The third-order valence-electron chi connectivity index (χ3n) is 3.67. The van der Waals surface area contributed by atoms with Crippen LogP contribution in [0.25, 0.3) is 0 Å². The van der Waals surface area contributed by atoms with Crippen LogP contribution in [0, 0.1) is 13.8 Å². The minimum absolute atomic E-state index is 0.292. The summed E-state index contributed by atoms with van der Waals surface area (Å²) in [6, 6.07) is 8.25. The molecule has 1 aliphatic heterocycles. The van der Waals surface area contributed by atoms with Gasteiger partial charge in [-0.1, -0.05) is 12.1 Å². The summed E-state index contributed by atoms with van der Waals surface area (Å²) in [6.07, 6.45) is 1.45. The number of hydrogen-bond donors (Lipinski definition) is 1. The van der Waals surface area contributed by atoms with Gasteiger partial charge in [0, 0.05) is 6.07 Å². The van der Waals surface area contributed by atoms with Gasteiger partial charge in [-0.25, -0.2) is 14.7 Å². The first kappa shape index (κ1) is 15.0. The van der Waals surface area contributed by atoms with Crippen molar-refractivity contribution < 1.29 is 14.3 Å². The summed E-state index contributed by atoms with van der Waals surface area (Å²) in [5.41, 5.74) is 2.52. The zero-order valence-electron chi connectivity index (χ0n) is 13.2.